The smallest absolute Gasteiger partial charge is 0.255 e. The summed E-state index contributed by atoms with van der Waals surface area (Å²) in [6.45, 7) is 3.66. The van der Waals surface area contributed by atoms with Gasteiger partial charge < -0.3 is 14.4 Å². The third-order valence-electron chi connectivity index (χ3n) is 8.70. The van der Waals surface area contributed by atoms with Gasteiger partial charge in [0.25, 0.3) is 5.91 Å². The van der Waals surface area contributed by atoms with E-state index < -0.39 is 0 Å². The van der Waals surface area contributed by atoms with Gasteiger partial charge in [-0.1, -0.05) is 32.1 Å². The van der Waals surface area contributed by atoms with Crippen molar-refractivity contribution in [2.45, 2.75) is 83.2 Å². The van der Waals surface area contributed by atoms with Gasteiger partial charge in [0.15, 0.2) is 0 Å². The molecule has 0 radical (unpaired) electrons. The Kier molecular flexibility index (Phi) is 5.40. The molecule has 5 heteroatoms. The molecular weight excluding hydrogens is 374 g/mol. The SMILES string of the molecule is Cc1c(C(=O)N2C[C@H]3C[C@@H](C2)[C@H](CC2CCCCC2)N2C(=O)CCC[C@@H]32)ccn1C. The van der Waals surface area contributed by atoms with E-state index in [1.807, 2.05) is 30.8 Å². The van der Waals surface area contributed by atoms with Crippen molar-refractivity contribution in [1.82, 2.24) is 14.4 Å². The summed E-state index contributed by atoms with van der Waals surface area (Å²) in [4.78, 5) is 30.9. The predicted octanol–water partition coefficient (Wildman–Crippen LogP) is 4.15. The first-order valence-electron chi connectivity index (χ1n) is 12.2. The number of nitrogens with zero attached hydrogens (tertiary/aromatic N) is 3. The van der Waals surface area contributed by atoms with Gasteiger partial charge in [0.1, 0.15) is 0 Å². The molecule has 30 heavy (non-hydrogen) atoms. The zero-order valence-corrected chi connectivity index (χ0v) is 18.7. The highest BCUT2D eigenvalue weighted by Crippen LogP contribution is 2.45. The Bertz CT molecular complexity index is 809. The first kappa shape index (κ1) is 20.1. The van der Waals surface area contributed by atoms with Crippen LogP contribution < -0.4 is 0 Å². The van der Waals surface area contributed by atoms with Gasteiger partial charge >= 0.3 is 0 Å². The average molecular weight is 412 g/mol. The lowest BCUT2D eigenvalue weighted by atomic mass is 9.69. The van der Waals surface area contributed by atoms with Crippen molar-refractivity contribution >= 4 is 11.8 Å². The fraction of sp³-hybridized carbons (Fsp3) is 0.760. The maximum Gasteiger partial charge on any atom is 0.255 e. The summed E-state index contributed by atoms with van der Waals surface area (Å²) < 4.78 is 2.03. The fourth-order valence-corrected chi connectivity index (χ4v) is 7.01. The number of rotatable bonds is 3. The summed E-state index contributed by atoms with van der Waals surface area (Å²) in [5, 5.41) is 0. The van der Waals surface area contributed by atoms with E-state index in [2.05, 4.69) is 9.80 Å². The minimum Gasteiger partial charge on any atom is -0.354 e. The maximum absolute atomic E-state index is 13.4. The van der Waals surface area contributed by atoms with Crippen LogP contribution in [0.5, 0.6) is 0 Å². The number of hydrogen-bond donors (Lipinski definition) is 0. The summed E-state index contributed by atoms with van der Waals surface area (Å²) in [6, 6.07) is 2.66. The maximum atomic E-state index is 13.4. The molecule has 2 amide bonds. The van der Waals surface area contributed by atoms with Crippen LogP contribution in [0.3, 0.4) is 0 Å². The third-order valence-corrected chi connectivity index (χ3v) is 8.70. The van der Waals surface area contributed by atoms with E-state index in [1.54, 1.807) is 0 Å². The number of fused-ring (bicyclic) bond motifs is 4. The molecule has 1 aromatic heterocycles. The molecule has 5 rings (SSSR count). The van der Waals surface area contributed by atoms with Crippen molar-refractivity contribution in [3.8, 4) is 0 Å². The Hall–Kier alpha value is -1.78. The standard InChI is InChI=1S/C25H37N3O2/c1-17-21(11-12-26(17)2)25(30)27-15-19-14-20(16-27)23(13-18-7-4-3-5-8-18)28-22(19)9-6-10-24(28)29/h11-12,18-20,22-23H,3-10,13-16H2,1-2H3/t19-,20+,22+,23+/m1/s1. The summed E-state index contributed by atoms with van der Waals surface area (Å²) in [5.74, 6) is 2.23. The van der Waals surface area contributed by atoms with Gasteiger partial charge in [0.2, 0.25) is 5.91 Å². The second-order valence-corrected chi connectivity index (χ2v) is 10.5. The quantitative estimate of drug-likeness (QED) is 0.750. The van der Waals surface area contributed by atoms with Crippen LogP contribution >= 0.6 is 0 Å². The number of likely N-dealkylation sites (tertiary alicyclic amines) is 1. The Morgan fingerprint density at radius 3 is 2.57 bits per heavy atom. The molecule has 3 saturated heterocycles. The molecule has 4 atom stereocenters. The van der Waals surface area contributed by atoms with E-state index in [4.69, 9.17) is 0 Å². The zero-order valence-electron chi connectivity index (χ0n) is 18.7. The Labute approximate surface area is 180 Å². The van der Waals surface area contributed by atoms with Gasteiger partial charge in [-0.3, -0.25) is 9.59 Å². The number of carbonyl (C=O) groups excluding carboxylic acids is 2. The molecule has 164 valence electrons. The average Bonchev–Trinajstić information content (AvgIpc) is 3.10. The van der Waals surface area contributed by atoms with Crippen LogP contribution in [0.1, 0.15) is 80.3 Å². The van der Waals surface area contributed by atoms with Crippen molar-refractivity contribution in [2.24, 2.45) is 24.8 Å². The molecule has 0 unspecified atom stereocenters. The van der Waals surface area contributed by atoms with Crippen LogP contribution in [-0.2, 0) is 11.8 Å². The van der Waals surface area contributed by atoms with E-state index in [1.165, 1.54) is 38.5 Å². The van der Waals surface area contributed by atoms with Crippen LogP contribution in [0.2, 0.25) is 0 Å². The normalized spacial score (nSPS) is 32.3. The Balaban J connectivity index is 1.40. The highest BCUT2D eigenvalue weighted by molar-refractivity contribution is 5.95. The number of piperidine rings is 3. The Morgan fingerprint density at radius 1 is 1.07 bits per heavy atom. The van der Waals surface area contributed by atoms with Gasteiger partial charge in [-0.05, 0) is 56.4 Å². The van der Waals surface area contributed by atoms with E-state index in [0.717, 1.165) is 55.9 Å². The molecule has 4 heterocycles. The molecule has 0 N–H and O–H groups in total. The zero-order chi connectivity index (χ0) is 20.8. The minimum absolute atomic E-state index is 0.190. The molecule has 4 aliphatic rings. The molecule has 1 aliphatic carbocycles. The molecule has 4 fully saturated rings. The van der Waals surface area contributed by atoms with E-state index in [0.29, 0.717) is 29.8 Å². The minimum atomic E-state index is 0.190. The lowest BCUT2D eigenvalue weighted by Crippen LogP contribution is -2.65. The van der Waals surface area contributed by atoms with E-state index >= 15 is 0 Å². The van der Waals surface area contributed by atoms with Gasteiger partial charge in [-0.25, -0.2) is 0 Å². The third kappa shape index (κ3) is 3.48. The predicted molar refractivity (Wildman–Crippen MR) is 117 cm³/mol. The van der Waals surface area contributed by atoms with Crippen LogP contribution in [0, 0.1) is 24.7 Å². The fourth-order valence-electron chi connectivity index (χ4n) is 7.01. The molecule has 0 spiro atoms. The van der Waals surface area contributed by atoms with Crippen molar-refractivity contribution in [2.75, 3.05) is 13.1 Å². The number of aromatic nitrogens is 1. The molecule has 5 nitrogen and oxygen atoms in total. The number of amides is 2. The lowest BCUT2D eigenvalue weighted by Gasteiger charge is -2.57. The second kappa shape index (κ2) is 8.05. The molecule has 3 aliphatic heterocycles. The highest BCUT2D eigenvalue weighted by Gasteiger charge is 2.50. The summed E-state index contributed by atoms with van der Waals surface area (Å²) in [6.07, 6.45) is 13.9. The molecule has 1 saturated carbocycles. The largest absolute Gasteiger partial charge is 0.354 e. The van der Waals surface area contributed by atoms with Crippen molar-refractivity contribution in [1.29, 1.82) is 0 Å². The number of carbonyl (C=O) groups is 2. The number of hydrogen-bond acceptors (Lipinski definition) is 2. The van der Waals surface area contributed by atoms with Gasteiger partial charge in [0, 0.05) is 50.5 Å². The van der Waals surface area contributed by atoms with Gasteiger partial charge in [-0.2, -0.15) is 0 Å². The second-order valence-electron chi connectivity index (χ2n) is 10.5. The first-order chi connectivity index (χ1) is 14.5. The first-order valence-corrected chi connectivity index (χ1v) is 12.2. The van der Waals surface area contributed by atoms with E-state index in [-0.39, 0.29) is 5.91 Å². The van der Waals surface area contributed by atoms with Crippen LogP contribution in [0.4, 0.5) is 0 Å². The van der Waals surface area contributed by atoms with Crippen LogP contribution in [-0.4, -0.2) is 51.4 Å². The molecule has 2 bridgehead atoms. The lowest BCUT2D eigenvalue weighted by molar-refractivity contribution is -0.153. The summed E-state index contributed by atoms with van der Waals surface area (Å²) in [7, 11) is 2.00. The number of aryl methyl sites for hydroxylation is 1. The molecule has 1 aromatic rings. The summed E-state index contributed by atoms with van der Waals surface area (Å²) in [5.41, 5.74) is 1.89. The van der Waals surface area contributed by atoms with Crippen molar-refractivity contribution in [3.05, 3.63) is 23.5 Å². The van der Waals surface area contributed by atoms with Gasteiger partial charge in [-0.15, -0.1) is 0 Å². The van der Waals surface area contributed by atoms with E-state index in [9.17, 15) is 9.59 Å². The molecule has 0 aromatic carbocycles. The highest BCUT2D eigenvalue weighted by atomic mass is 16.2. The van der Waals surface area contributed by atoms with Gasteiger partial charge in [0.05, 0.1) is 5.56 Å². The molecular formula is C25H37N3O2. The van der Waals surface area contributed by atoms with Crippen LogP contribution in [0.15, 0.2) is 12.3 Å². The van der Waals surface area contributed by atoms with Crippen LogP contribution in [0.25, 0.3) is 0 Å². The topological polar surface area (TPSA) is 45.6 Å². The van der Waals surface area contributed by atoms with Crippen molar-refractivity contribution < 1.29 is 9.59 Å². The van der Waals surface area contributed by atoms with Crippen molar-refractivity contribution in [3.63, 3.8) is 0 Å². The summed E-state index contributed by atoms with van der Waals surface area (Å²) >= 11 is 0. The monoisotopic (exact) mass is 411 g/mol. The Morgan fingerprint density at radius 2 is 1.83 bits per heavy atom.